The molecule has 0 saturated carbocycles. The van der Waals surface area contributed by atoms with Gasteiger partial charge in [-0.2, -0.15) is 0 Å². The normalized spacial score (nSPS) is 42.8. The summed E-state index contributed by atoms with van der Waals surface area (Å²) in [7, 11) is 0. The first-order valence-electron chi connectivity index (χ1n) is 4.51. The smallest absolute Gasteiger partial charge is 0.115 e. The Morgan fingerprint density at radius 3 is 2.42 bits per heavy atom. The third kappa shape index (κ3) is 1.49. The molecule has 0 aliphatic carbocycles. The molecule has 2 saturated heterocycles. The van der Waals surface area contributed by atoms with E-state index in [-0.39, 0.29) is 17.8 Å². The molecule has 0 spiro atoms. The van der Waals surface area contributed by atoms with E-state index in [0.717, 1.165) is 19.4 Å². The van der Waals surface area contributed by atoms with E-state index in [1.165, 1.54) is 0 Å². The Bertz CT molecular complexity index is 184. The number of hydrogen-bond donors (Lipinski definition) is 1. The van der Waals surface area contributed by atoms with Gasteiger partial charge in [-0.3, -0.25) is 0 Å². The molecule has 0 aromatic carbocycles. The zero-order valence-electron chi connectivity index (χ0n) is 7.67. The molecule has 0 aromatic rings. The molecule has 0 radical (unpaired) electrons. The van der Waals surface area contributed by atoms with Gasteiger partial charge in [0.15, 0.2) is 0 Å². The van der Waals surface area contributed by atoms with Gasteiger partial charge in [0.1, 0.15) is 5.60 Å². The quantitative estimate of drug-likeness (QED) is 0.635. The first kappa shape index (κ1) is 8.48. The van der Waals surface area contributed by atoms with Crippen LogP contribution in [-0.2, 0) is 9.47 Å². The van der Waals surface area contributed by atoms with Gasteiger partial charge in [0.05, 0.1) is 24.9 Å². The highest BCUT2D eigenvalue weighted by molar-refractivity contribution is 4.99. The van der Waals surface area contributed by atoms with Gasteiger partial charge >= 0.3 is 0 Å². The monoisotopic (exact) mass is 172 g/mol. The Morgan fingerprint density at radius 1 is 1.50 bits per heavy atom. The Balaban J connectivity index is 1.70. The highest BCUT2D eigenvalue weighted by Crippen LogP contribution is 2.42. The summed E-state index contributed by atoms with van der Waals surface area (Å²) >= 11 is 0. The summed E-state index contributed by atoms with van der Waals surface area (Å²) in [4.78, 5) is 0. The van der Waals surface area contributed by atoms with E-state index in [9.17, 15) is 0 Å². The van der Waals surface area contributed by atoms with Crippen molar-refractivity contribution in [3.05, 3.63) is 0 Å². The van der Waals surface area contributed by atoms with E-state index >= 15 is 0 Å². The van der Waals surface area contributed by atoms with Gasteiger partial charge in [0.25, 0.3) is 0 Å². The summed E-state index contributed by atoms with van der Waals surface area (Å²) in [5.41, 5.74) is -0.117. The summed E-state index contributed by atoms with van der Waals surface area (Å²) in [6.45, 7) is 5.06. The fraction of sp³-hybridized carbons (Fsp3) is 1.00. The van der Waals surface area contributed by atoms with Gasteiger partial charge in [-0.1, -0.05) is 0 Å². The van der Waals surface area contributed by atoms with Crippen LogP contribution in [0.1, 0.15) is 26.7 Å². The number of aliphatic hydroxyl groups is 1. The average Bonchev–Trinajstić information content (AvgIpc) is 2.86. The minimum absolute atomic E-state index is 0.0749. The van der Waals surface area contributed by atoms with Crippen LogP contribution >= 0.6 is 0 Å². The highest BCUT2D eigenvalue weighted by Gasteiger charge is 2.51. The maximum absolute atomic E-state index is 8.95. The lowest BCUT2D eigenvalue weighted by atomic mass is 10.00. The van der Waals surface area contributed by atoms with Crippen molar-refractivity contribution < 1.29 is 14.6 Å². The zero-order chi connectivity index (χ0) is 8.82. The SMILES string of the molecule is CC1(C)O[C@@H]1CC[C@]1(CO)CO1. The minimum atomic E-state index is -0.192. The van der Waals surface area contributed by atoms with E-state index < -0.39 is 0 Å². The summed E-state index contributed by atoms with van der Waals surface area (Å²) in [5, 5.41) is 8.95. The molecular weight excluding hydrogens is 156 g/mol. The fourth-order valence-electron chi connectivity index (χ4n) is 1.55. The van der Waals surface area contributed by atoms with Gasteiger partial charge in [0.2, 0.25) is 0 Å². The van der Waals surface area contributed by atoms with Gasteiger partial charge < -0.3 is 14.6 Å². The van der Waals surface area contributed by atoms with Crippen molar-refractivity contribution in [2.45, 2.75) is 44.0 Å². The second kappa shape index (κ2) is 2.44. The second-order valence-corrected chi connectivity index (χ2v) is 4.38. The molecule has 3 nitrogen and oxygen atoms in total. The largest absolute Gasteiger partial charge is 0.393 e. The number of ether oxygens (including phenoxy) is 2. The van der Waals surface area contributed by atoms with Crippen LogP contribution in [0.25, 0.3) is 0 Å². The molecule has 2 atom stereocenters. The van der Waals surface area contributed by atoms with Crippen LogP contribution in [0, 0.1) is 0 Å². The van der Waals surface area contributed by atoms with Crippen molar-refractivity contribution >= 4 is 0 Å². The van der Waals surface area contributed by atoms with E-state index in [0.29, 0.717) is 6.10 Å². The van der Waals surface area contributed by atoms with Crippen LogP contribution in [0.2, 0.25) is 0 Å². The molecule has 12 heavy (non-hydrogen) atoms. The number of epoxide rings is 2. The van der Waals surface area contributed by atoms with E-state index in [2.05, 4.69) is 13.8 Å². The zero-order valence-corrected chi connectivity index (χ0v) is 7.67. The molecular formula is C9H16O3. The minimum Gasteiger partial charge on any atom is -0.393 e. The van der Waals surface area contributed by atoms with E-state index in [1.807, 2.05) is 0 Å². The molecule has 2 rings (SSSR count). The Labute approximate surface area is 72.7 Å². The molecule has 2 fully saturated rings. The van der Waals surface area contributed by atoms with Crippen LogP contribution < -0.4 is 0 Å². The van der Waals surface area contributed by atoms with Crippen molar-refractivity contribution in [1.82, 2.24) is 0 Å². The molecule has 3 heteroatoms. The predicted molar refractivity (Wildman–Crippen MR) is 44.0 cm³/mol. The Morgan fingerprint density at radius 2 is 2.08 bits per heavy atom. The first-order valence-corrected chi connectivity index (χ1v) is 4.51. The third-order valence-electron chi connectivity index (χ3n) is 2.87. The first-order chi connectivity index (χ1) is 5.58. The van der Waals surface area contributed by atoms with Crippen LogP contribution in [0.4, 0.5) is 0 Å². The second-order valence-electron chi connectivity index (χ2n) is 4.38. The van der Waals surface area contributed by atoms with Gasteiger partial charge in [-0.05, 0) is 26.7 Å². The molecule has 0 unspecified atom stereocenters. The molecule has 1 N–H and O–H groups in total. The molecule has 2 aliphatic rings. The van der Waals surface area contributed by atoms with Crippen LogP contribution in [0.15, 0.2) is 0 Å². The highest BCUT2D eigenvalue weighted by atomic mass is 16.6. The van der Waals surface area contributed by atoms with Gasteiger partial charge in [0, 0.05) is 0 Å². The summed E-state index contributed by atoms with van der Waals surface area (Å²) in [6.07, 6.45) is 2.32. The van der Waals surface area contributed by atoms with Gasteiger partial charge in [-0.15, -0.1) is 0 Å². The molecule has 0 aromatic heterocycles. The van der Waals surface area contributed by atoms with Crippen LogP contribution in [0.3, 0.4) is 0 Å². The lowest BCUT2D eigenvalue weighted by molar-refractivity contribution is 0.159. The number of rotatable bonds is 4. The predicted octanol–water partition coefficient (Wildman–Crippen LogP) is 0.705. The fourth-order valence-corrected chi connectivity index (χ4v) is 1.55. The number of aliphatic hydroxyl groups excluding tert-OH is 1. The lowest BCUT2D eigenvalue weighted by Crippen LogP contribution is -2.18. The van der Waals surface area contributed by atoms with Crippen molar-refractivity contribution in [3.63, 3.8) is 0 Å². The average molecular weight is 172 g/mol. The number of hydrogen-bond acceptors (Lipinski definition) is 3. The van der Waals surface area contributed by atoms with Gasteiger partial charge in [-0.25, -0.2) is 0 Å². The van der Waals surface area contributed by atoms with Crippen molar-refractivity contribution in [1.29, 1.82) is 0 Å². The Kier molecular flexibility index (Phi) is 1.72. The topological polar surface area (TPSA) is 45.3 Å². The van der Waals surface area contributed by atoms with Crippen LogP contribution in [0.5, 0.6) is 0 Å². The lowest BCUT2D eigenvalue weighted by Gasteiger charge is -2.05. The van der Waals surface area contributed by atoms with Crippen molar-refractivity contribution in [2.24, 2.45) is 0 Å². The molecule has 0 bridgehead atoms. The molecule has 2 aliphatic heterocycles. The molecule has 0 amide bonds. The summed E-state index contributed by atoms with van der Waals surface area (Å²) in [5.74, 6) is 0. The third-order valence-corrected chi connectivity index (χ3v) is 2.87. The maximum atomic E-state index is 8.95. The van der Waals surface area contributed by atoms with E-state index in [1.54, 1.807) is 0 Å². The van der Waals surface area contributed by atoms with E-state index in [4.69, 9.17) is 14.6 Å². The van der Waals surface area contributed by atoms with Crippen LogP contribution in [-0.4, -0.2) is 35.6 Å². The van der Waals surface area contributed by atoms with Crippen molar-refractivity contribution in [2.75, 3.05) is 13.2 Å². The van der Waals surface area contributed by atoms with Crippen molar-refractivity contribution in [3.8, 4) is 0 Å². The maximum Gasteiger partial charge on any atom is 0.115 e. The Hall–Kier alpha value is -0.120. The molecule has 70 valence electrons. The summed E-state index contributed by atoms with van der Waals surface area (Å²) < 4.78 is 10.6. The summed E-state index contributed by atoms with van der Waals surface area (Å²) in [6, 6.07) is 0. The molecule has 2 heterocycles. The standard InChI is InChI=1S/C9H16O3/c1-8(2)7(12-8)3-4-9(5-10)6-11-9/h7,10H,3-6H2,1-2H3/t7-,9+/m1/s1.